The number of Topliss-reactive ketones (excluding diaryl/α,β-unsaturated/α-hetero) is 2. The van der Waals surface area contributed by atoms with Gasteiger partial charge in [-0.3, -0.25) is 14.5 Å². The summed E-state index contributed by atoms with van der Waals surface area (Å²) >= 11 is 0. The number of halogens is 1. The topological polar surface area (TPSA) is 37.4 Å². The molecule has 0 spiro atoms. The summed E-state index contributed by atoms with van der Waals surface area (Å²) in [5.41, 5.74) is 1.81. The van der Waals surface area contributed by atoms with Crippen LogP contribution in [-0.2, 0) is 6.54 Å². The van der Waals surface area contributed by atoms with Crippen LogP contribution in [0.4, 0.5) is 0 Å². The van der Waals surface area contributed by atoms with Crippen LogP contribution < -0.4 is 0 Å². The first kappa shape index (κ1) is 17.1. The zero-order chi connectivity index (χ0) is 16.0. The van der Waals surface area contributed by atoms with Crippen LogP contribution in [0.15, 0.2) is 54.6 Å². The lowest BCUT2D eigenvalue weighted by Gasteiger charge is -2.33. The van der Waals surface area contributed by atoms with Crippen molar-refractivity contribution in [2.45, 2.75) is 13.5 Å². The summed E-state index contributed by atoms with van der Waals surface area (Å²) in [6.07, 6.45) is 0. The number of fused-ring (bicyclic) bond motifs is 2. The average molecular weight is 386 g/mol. The van der Waals surface area contributed by atoms with E-state index in [9.17, 15) is 9.59 Å². The van der Waals surface area contributed by atoms with Crippen LogP contribution >= 0.6 is 17.0 Å². The molecule has 24 heavy (non-hydrogen) atoms. The molecule has 0 saturated carbocycles. The first-order chi connectivity index (χ1) is 11.1. The van der Waals surface area contributed by atoms with E-state index in [4.69, 9.17) is 0 Å². The molecule has 0 radical (unpaired) electrons. The van der Waals surface area contributed by atoms with E-state index in [0.717, 1.165) is 6.54 Å². The van der Waals surface area contributed by atoms with Crippen molar-refractivity contribution in [1.29, 1.82) is 0 Å². The van der Waals surface area contributed by atoms with Crippen molar-refractivity contribution < 1.29 is 9.59 Å². The second kappa shape index (κ2) is 6.26. The Morgan fingerprint density at radius 2 is 1.62 bits per heavy atom. The fraction of sp³-hybridized carbons (Fsp3) is 0.300. The number of nitrogens with zero attached hydrogens (tertiary/aromatic N) is 1. The minimum absolute atomic E-state index is 0. The Kier molecular flexibility index (Phi) is 4.45. The number of hydrogen-bond donors (Lipinski definition) is 0. The van der Waals surface area contributed by atoms with E-state index in [1.165, 1.54) is 5.56 Å². The number of carbonyl (C=O) groups is 2. The summed E-state index contributed by atoms with van der Waals surface area (Å²) in [6.45, 7) is 4.04. The SMILES string of the molecule is Br.C[C@]12CN(Cc3ccccc3)C[C@H]1C(=O)c1ccccc1C2=O. The highest BCUT2D eigenvalue weighted by molar-refractivity contribution is 8.93. The van der Waals surface area contributed by atoms with Crippen LogP contribution in [-0.4, -0.2) is 29.6 Å². The van der Waals surface area contributed by atoms with E-state index in [0.29, 0.717) is 24.2 Å². The maximum Gasteiger partial charge on any atom is 0.171 e. The molecule has 2 aliphatic rings. The fourth-order valence-corrected chi connectivity index (χ4v) is 4.05. The lowest BCUT2D eigenvalue weighted by atomic mass is 9.66. The molecule has 1 saturated heterocycles. The smallest absolute Gasteiger partial charge is 0.171 e. The highest BCUT2D eigenvalue weighted by atomic mass is 79.9. The third-order valence-electron chi connectivity index (χ3n) is 5.28. The zero-order valence-electron chi connectivity index (χ0n) is 13.6. The molecule has 124 valence electrons. The van der Waals surface area contributed by atoms with E-state index in [-0.39, 0.29) is 34.5 Å². The first-order valence-electron chi connectivity index (χ1n) is 8.04. The van der Waals surface area contributed by atoms with Crippen molar-refractivity contribution in [1.82, 2.24) is 4.90 Å². The van der Waals surface area contributed by atoms with Gasteiger partial charge in [0.2, 0.25) is 0 Å². The molecule has 2 atom stereocenters. The van der Waals surface area contributed by atoms with E-state index < -0.39 is 5.41 Å². The summed E-state index contributed by atoms with van der Waals surface area (Å²) < 4.78 is 0. The molecular formula is C20H20BrNO2. The summed E-state index contributed by atoms with van der Waals surface area (Å²) in [4.78, 5) is 28.1. The molecule has 3 nitrogen and oxygen atoms in total. The van der Waals surface area contributed by atoms with Crippen molar-refractivity contribution in [3.05, 3.63) is 71.3 Å². The summed E-state index contributed by atoms with van der Waals surface area (Å²) in [5, 5.41) is 0. The van der Waals surface area contributed by atoms with Crippen LogP contribution in [0.5, 0.6) is 0 Å². The number of rotatable bonds is 2. The molecule has 0 unspecified atom stereocenters. The molecule has 4 heteroatoms. The summed E-state index contributed by atoms with van der Waals surface area (Å²) in [5.74, 6) is 0.0140. The Morgan fingerprint density at radius 3 is 2.33 bits per heavy atom. The Morgan fingerprint density at radius 1 is 1.00 bits per heavy atom. The average Bonchev–Trinajstić information content (AvgIpc) is 2.92. The van der Waals surface area contributed by atoms with Gasteiger partial charge in [-0.1, -0.05) is 61.5 Å². The highest BCUT2D eigenvalue weighted by Crippen LogP contribution is 2.45. The van der Waals surface area contributed by atoms with Crippen molar-refractivity contribution in [3.63, 3.8) is 0 Å². The third kappa shape index (κ3) is 2.54. The molecule has 2 aromatic carbocycles. The Balaban J connectivity index is 0.00000169. The Bertz CT molecular complexity index is 789. The maximum absolute atomic E-state index is 13.0. The third-order valence-corrected chi connectivity index (χ3v) is 5.28. The van der Waals surface area contributed by atoms with Crippen LogP contribution in [0.25, 0.3) is 0 Å². The van der Waals surface area contributed by atoms with Gasteiger partial charge in [0, 0.05) is 36.7 Å². The molecule has 0 amide bonds. The van der Waals surface area contributed by atoms with Crippen LogP contribution in [0.1, 0.15) is 33.2 Å². The molecule has 1 aliphatic carbocycles. The Labute approximate surface area is 152 Å². The van der Waals surface area contributed by atoms with Crippen LogP contribution in [0, 0.1) is 11.3 Å². The maximum atomic E-state index is 13.0. The van der Waals surface area contributed by atoms with E-state index in [2.05, 4.69) is 17.0 Å². The molecule has 0 bridgehead atoms. The Hall–Kier alpha value is -1.78. The van der Waals surface area contributed by atoms with Gasteiger partial charge in [0.05, 0.1) is 5.41 Å². The minimum Gasteiger partial charge on any atom is -0.297 e. The predicted molar refractivity (Wildman–Crippen MR) is 98.7 cm³/mol. The number of likely N-dealkylation sites (tertiary alicyclic amines) is 1. The van der Waals surface area contributed by atoms with Crippen molar-refractivity contribution in [2.24, 2.45) is 11.3 Å². The van der Waals surface area contributed by atoms with Crippen molar-refractivity contribution in [2.75, 3.05) is 13.1 Å². The zero-order valence-corrected chi connectivity index (χ0v) is 15.3. The predicted octanol–water partition coefficient (Wildman–Crippen LogP) is 3.78. The standard InChI is InChI=1S/C20H19NO2.BrH/c1-20-13-21(11-14-7-3-2-4-8-14)12-17(20)18(22)15-9-5-6-10-16(15)19(20)23;/h2-10,17H,11-13H2,1H3;1H/t17-,20-;/m0./s1. The van der Waals surface area contributed by atoms with E-state index in [1.54, 1.807) is 12.1 Å². The highest BCUT2D eigenvalue weighted by Gasteiger charge is 2.55. The summed E-state index contributed by atoms with van der Waals surface area (Å²) in [6, 6.07) is 17.5. The lowest BCUT2D eigenvalue weighted by molar-refractivity contribution is 0.0657. The molecule has 4 rings (SSSR count). The number of hydrogen-bond acceptors (Lipinski definition) is 3. The van der Waals surface area contributed by atoms with Gasteiger partial charge in [-0.05, 0) is 5.56 Å². The van der Waals surface area contributed by atoms with Gasteiger partial charge in [0.1, 0.15) is 0 Å². The largest absolute Gasteiger partial charge is 0.297 e. The molecule has 2 aromatic rings. The number of carbonyl (C=O) groups excluding carboxylic acids is 2. The second-order valence-corrected chi connectivity index (χ2v) is 6.86. The molecule has 0 aromatic heterocycles. The normalized spacial score (nSPS) is 25.8. The molecule has 1 aliphatic heterocycles. The lowest BCUT2D eigenvalue weighted by Crippen LogP contribution is -2.44. The molecule has 1 heterocycles. The number of benzene rings is 2. The van der Waals surface area contributed by atoms with Gasteiger partial charge in [-0.2, -0.15) is 0 Å². The fourth-order valence-electron chi connectivity index (χ4n) is 4.05. The van der Waals surface area contributed by atoms with Gasteiger partial charge in [0.25, 0.3) is 0 Å². The van der Waals surface area contributed by atoms with Crippen LogP contribution in [0.3, 0.4) is 0 Å². The molecule has 0 N–H and O–H groups in total. The van der Waals surface area contributed by atoms with Gasteiger partial charge >= 0.3 is 0 Å². The van der Waals surface area contributed by atoms with Crippen molar-refractivity contribution in [3.8, 4) is 0 Å². The number of ketones is 2. The van der Waals surface area contributed by atoms with E-state index in [1.807, 2.05) is 37.3 Å². The van der Waals surface area contributed by atoms with E-state index >= 15 is 0 Å². The first-order valence-corrected chi connectivity index (χ1v) is 8.04. The monoisotopic (exact) mass is 385 g/mol. The van der Waals surface area contributed by atoms with Crippen molar-refractivity contribution >= 4 is 28.5 Å². The van der Waals surface area contributed by atoms with Gasteiger partial charge in [-0.25, -0.2) is 0 Å². The second-order valence-electron chi connectivity index (χ2n) is 6.86. The molecular weight excluding hydrogens is 366 g/mol. The quantitative estimate of drug-likeness (QED) is 0.789. The minimum atomic E-state index is -0.597. The summed E-state index contributed by atoms with van der Waals surface area (Å²) in [7, 11) is 0. The van der Waals surface area contributed by atoms with Gasteiger partial charge < -0.3 is 0 Å². The van der Waals surface area contributed by atoms with Crippen LogP contribution in [0.2, 0.25) is 0 Å². The van der Waals surface area contributed by atoms with Gasteiger partial charge in [-0.15, -0.1) is 17.0 Å². The van der Waals surface area contributed by atoms with Gasteiger partial charge in [0.15, 0.2) is 11.6 Å². The molecule has 1 fully saturated rings.